The van der Waals surface area contributed by atoms with Crippen molar-refractivity contribution >= 4 is 22.7 Å². The molecule has 24 heavy (non-hydrogen) atoms. The van der Waals surface area contributed by atoms with E-state index in [1.54, 1.807) is 21.1 Å². The van der Waals surface area contributed by atoms with Crippen LogP contribution in [0.1, 0.15) is 18.5 Å². The fraction of sp³-hybridized carbons (Fsp3) is 0.222. The number of benzene rings is 2. The Kier molecular flexibility index (Phi) is 4.12. The highest BCUT2D eigenvalue weighted by atomic mass is 16.5. The second kappa shape index (κ2) is 6.23. The Labute approximate surface area is 139 Å². The molecule has 0 saturated heterocycles. The second-order valence-electron chi connectivity index (χ2n) is 5.55. The maximum atomic E-state index is 12.4. The second-order valence-corrected chi connectivity index (χ2v) is 5.55. The molecule has 0 aliphatic carbocycles. The molecule has 3 amide bonds. The summed E-state index contributed by atoms with van der Waals surface area (Å²) in [5.74, 6) is 0.370. The van der Waals surface area contributed by atoms with Crippen molar-refractivity contribution in [2.24, 2.45) is 0 Å². The Hall–Kier alpha value is -3.02. The van der Waals surface area contributed by atoms with Crippen molar-refractivity contribution in [2.45, 2.75) is 13.0 Å². The van der Waals surface area contributed by atoms with Gasteiger partial charge in [0, 0.05) is 18.3 Å². The minimum absolute atomic E-state index is 0.250. The number of ether oxygens (including phenoxy) is 1. The van der Waals surface area contributed by atoms with E-state index in [1.165, 1.54) is 0 Å². The average molecular weight is 325 g/mol. The van der Waals surface area contributed by atoms with Crippen molar-refractivity contribution in [3.63, 3.8) is 0 Å². The van der Waals surface area contributed by atoms with Crippen molar-refractivity contribution in [2.75, 3.05) is 14.2 Å². The number of urea groups is 1. The lowest BCUT2D eigenvalue weighted by Crippen LogP contribution is -2.46. The topological polar surface area (TPSA) is 79.5 Å². The molecule has 0 fully saturated rings. The van der Waals surface area contributed by atoms with Crippen LogP contribution in [-0.4, -0.2) is 26.1 Å². The van der Waals surface area contributed by atoms with E-state index < -0.39 is 6.04 Å². The first-order valence-electron chi connectivity index (χ1n) is 7.62. The van der Waals surface area contributed by atoms with Crippen molar-refractivity contribution in [3.8, 4) is 5.75 Å². The van der Waals surface area contributed by atoms with Crippen LogP contribution in [0.2, 0.25) is 0 Å². The molecule has 1 heterocycles. The summed E-state index contributed by atoms with van der Waals surface area (Å²) >= 11 is 0. The zero-order valence-corrected chi connectivity index (χ0v) is 13.8. The van der Waals surface area contributed by atoms with Gasteiger partial charge in [-0.15, -0.1) is 0 Å². The highest BCUT2D eigenvalue weighted by molar-refractivity contribution is 6.00. The number of allylic oxidation sites excluding steroid dienone is 1. The molecular weight excluding hydrogens is 306 g/mol. The maximum absolute atomic E-state index is 12.4. The number of carbonyl (C=O) groups is 2. The van der Waals surface area contributed by atoms with Crippen LogP contribution in [0.5, 0.6) is 5.75 Å². The van der Waals surface area contributed by atoms with Crippen molar-refractivity contribution in [1.29, 1.82) is 0 Å². The highest BCUT2D eigenvalue weighted by Gasteiger charge is 2.33. The molecule has 1 aliphatic heterocycles. The fourth-order valence-corrected chi connectivity index (χ4v) is 3.10. The number of carbonyl (C=O) groups excluding carboxylic acids is 2. The lowest BCUT2D eigenvalue weighted by atomic mass is 9.90. The van der Waals surface area contributed by atoms with E-state index in [2.05, 4.69) is 16.0 Å². The lowest BCUT2D eigenvalue weighted by Gasteiger charge is -2.30. The van der Waals surface area contributed by atoms with Gasteiger partial charge in [-0.2, -0.15) is 0 Å². The van der Waals surface area contributed by atoms with E-state index in [-0.39, 0.29) is 11.9 Å². The molecule has 2 aromatic carbocycles. The third-order valence-electron chi connectivity index (χ3n) is 4.18. The number of methoxy groups -OCH3 is 1. The van der Waals surface area contributed by atoms with Crippen LogP contribution in [-0.2, 0) is 4.79 Å². The van der Waals surface area contributed by atoms with Gasteiger partial charge in [0.05, 0.1) is 18.7 Å². The molecule has 124 valence electrons. The summed E-state index contributed by atoms with van der Waals surface area (Å²) in [6.07, 6.45) is 0. The third-order valence-corrected chi connectivity index (χ3v) is 4.18. The van der Waals surface area contributed by atoms with Gasteiger partial charge in [-0.3, -0.25) is 4.79 Å². The Balaban J connectivity index is 2.29. The smallest absolute Gasteiger partial charge is 0.319 e. The number of likely N-dealkylation sites (N-methyl/N-ethyl adjacent to an activating group) is 1. The first-order valence-corrected chi connectivity index (χ1v) is 7.62. The van der Waals surface area contributed by atoms with Gasteiger partial charge in [0.25, 0.3) is 5.91 Å². The predicted molar refractivity (Wildman–Crippen MR) is 91.7 cm³/mol. The van der Waals surface area contributed by atoms with Gasteiger partial charge in [-0.05, 0) is 23.8 Å². The number of hydrogen-bond donors (Lipinski definition) is 3. The van der Waals surface area contributed by atoms with Gasteiger partial charge < -0.3 is 20.7 Å². The average Bonchev–Trinajstić information content (AvgIpc) is 2.59. The number of fused-ring (bicyclic) bond motifs is 1. The molecule has 1 aliphatic rings. The van der Waals surface area contributed by atoms with E-state index in [9.17, 15) is 9.59 Å². The molecule has 0 spiro atoms. The maximum Gasteiger partial charge on any atom is 0.319 e. The number of hydrogen-bond acceptors (Lipinski definition) is 3. The molecular formula is C18H19N3O3. The first-order chi connectivity index (χ1) is 11.6. The van der Waals surface area contributed by atoms with Crippen LogP contribution >= 0.6 is 0 Å². The SMILES string of the molecule is CNC(=O)C1=C(C)NC(=O)NC1c1c(OC)ccc2ccccc12. The number of amides is 3. The quantitative estimate of drug-likeness (QED) is 0.809. The van der Waals surface area contributed by atoms with E-state index in [4.69, 9.17) is 4.74 Å². The molecule has 0 aromatic heterocycles. The Morgan fingerprint density at radius 1 is 1.21 bits per heavy atom. The minimum atomic E-state index is -0.597. The molecule has 3 N–H and O–H groups in total. The van der Waals surface area contributed by atoms with Crippen molar-refractivity contribution in [3.05, 3.63) is 53.2 Å². The third kappa shape index (κ3) is 2.56. The Morgan fingerprint density at radius 3 is 2.67 bits per heavy atom. The molecule has 3 rings (SSSR count). The van der Waals surface area contributed by atoms with Gasteiger partial charge in [-0.1, -0.05) is 30.3 Å². The van der Waals surface area contributed by atoms with Gasteiger partial charge in [0.15, 0.2) is 0 Å². The minimum Gasteiger partial charge on any atom is -0.496 e. The van der Waals surface area contributed by atoms with E-state index in [0.29, 0.717) is 17.0 Å². The normalized spacial score (nSPS) is 17.3. The molecule has 1 unspecified atom stereocenters. The summed E-state index contributed by atoms with van der Waals surface area (Å²) in [4.78, 5) is 24.4. The molecule has 0 bridgehead atoms. The number of rotatable bonds is 3. The lowest BCUT2D eigenvalue weighted by molar-refractivity contribution is -0.117. The van der Waals surface area contributed by atoms with Crippen LogP contribution in [0.3, 0.4) is 0 Å². The first kappa shape index (κ1) is 15.9. The summed E-state index contributed by atoms with van der Waals surface area (Å²) in [6, 6.07) is 10.7. The fourth-order valence-electron chi connectivity index (χ4n) is 3.10. The summed E-state index contributed by atoms with van der Waals surface area (Å²) in [7, 11) is 3.14. The molecule has 0 saturated carbocycles. The van der Waals surface area contributed by atoms with Crippen LogP contribution < -0.4 is 20.7 Å². The van der Waals surface area contributed by atoms with Crippen LogP contribution in [0.15, 0.2) is 47.7 Å². The van der Waals surface area contributed by atoms with Crippen LogP contribution in [0.4, 0.5) is 4.79 Å². The molecule has 0 radical (unpaired) electrons. The summed E-state index contributed by atoms with van der Waals surface area (Å²) in [6.45, 7) is 1.72. The summed E-state index contributed by atoms with van der Waals surface area (Å²) < 4.78 is 5.51. The Bertz CT molecular complexity index is 858. The van der Waals surface area contributed by atoms with E-state index in [1.807, 2.05) is 36.4 Å². The van der Waals surface area contributed by atoms with Crippen molar-refractivity contribution < 1.29 is 14.3 Å². The van der Waals surface area contributed by atoms with Gasteiger partial charge in [0.1, 0.15) is 5.75 Å². The van der Waals surface area contributed by atoms with Gasteiger partial charge in [-0.25, -0.2) is 4.79 Å². The van der Waals surface area contributed by atoms with Crippen molar-refractivity contribution in [1.82, 2.24) is 16.0 Å². The largest absolute Gasteiger partial charge is 0.496 e. The predicted octanol–water partition coefficient (Wildman–Crippen LogP) is 2.22. The molecule has 6 nitrogen and oxygen atoms in total. The van der Waals surface area contributed by atoms with Gasteiger partial charge >= 0.3 is 6.03 Å². The molecule has 2 aromatic rings. The van der Waals surface area contributed by atoms with E-state index >= 15 is 0 Å². The standard InChI is InChI=1S/C18H19N3O3/c1-10-14(17(22)19-2)16(21-18(23)20-10)15-12-7-5-4-6-11(12)8-9-13(15)24-3/h4-9,16H,1-3H3,(H,19,22)(H2,20,21,23). The van der Waals surface area contributed by atoms with E-state index in [0.717, 1.165) is 16.3 Å². The summed E-state index contributed by atoms with van der Waals surface area (Å²) in [5, 5.41) is 10.1. The van der Waals surface area contributed by atoms with Crippen LogP contribution in [0, 0.1) is 0 Å². The molecule has 6 heteroatoms. The monoisotopic (exact) mass is 325 g/mol. The summed E-state index contributed by atoms with van der Waals surface area (Å²) in [5.41, 5.74) is 1.76. The van der Waals surface area contributed by atoms with Crippen LogP contribution in [0.25, 0.3) is 10.8 Å². The zero-order chi connectivity index (χ0) is 17.3. The van der Waals surface area contributed by atoms with Gasteiger partial charge in [0.2, 0.25) is 0 Å². The number of nitrogens with one attached hydrogen (secondary N) is 3. The molecule has 1 atom stereocenters. The zero-order valence-electron chi connectivity index (χ0n) is 13.8. The highest BCUT2D eigenvalue weighted by Crippen LogP contribution is 2.38. The Morgan fingerprint density at radius 2 is 1.96 bits per heavy atom.